The maximum Gasteiger partial charge on any atom is 0.270 e. The van der Waals surface area contributed by atoms with E-state index in [1.54, 1.807) is 24.3 Å². The van der Waals surface area contributed by atoms with Crippen molar-refractivity contribution in [2.75, 3.05) is 18.6 Å². The fourth-order valence-corrected chi connectivity index (χ4v) is 5.32. The van der Waals surface area contributed by atoms with E-state index in [0.717, 1.165) is 11.3 Å². The third-order valence-electron chi connectivity index (χ3n) is 5.02. The van der Waals surface area contributed by atoms with Crippen LogP contribution in [0.5, 0.6) is 17.2 Å². The molecule has 0 bridgehead atoms. The summed E-state index contributed by atoms with van der Waals surface area (Å²) in [6.07, 6.45) is 1.76. The second kappa shape index (κ2) is 11.2. The van der Waals surface area contributed by atoms with E-state index in [1.807, 2.05) is 37.3 Å². The van der Waals surface area contributed by atoms with Gasteiger partial charge in [-0.25, -0.2) is 4.39 Å². The van der Waals surface area contributed by atoms with Crippen LogP contribution in [0.3, 0.4) is 0 Å². The van der Waals surface area contributed by atoms with Crippen LogP contribution in [0, 0.1) is 5.82 Å². The van der Waals surface area contributed by atoms with Crippen LogP contribution in [0.25, 0.3) is 6.08 Å². The molecular weight excluding hydrogens is 553 g/mol. The van der Waals surface area contributed by atoms with E-state index in [-0.39, 0.29) is 18.3 Å². The van der Waals surface area contributed by atoms with Crippen molar-refractivity contribution in [3.05, 3.63) is 87.0 Å². The molecule has 0 atom stereocenters. The molecule has 1 aliphatic heterocycles. The van der Waals surface area contributed by atoms with Crippen molar-refractivity contribution >= 4 is 61.9 Å². The van der Waals surface area contributed by atoms with E-state index in [4.69, 9.17) is 26.4 Å². The number of ether oxygens (including phenoxy) is 3. The normalized spacial score (nSPS) is 14.5. The smallest absolute Gasteiger partial charge is 0.270 e. The molecule has 9 heteroatoms. The van der Waals surface area contributed by atoms with E-state index in [0.29, 0.717) is 43.1 Å². The topological polar surface area (TPSA) is 48.0 Å². The highest BCUT2D eigenvalue weighted by atomic mass is 79.9. The summed E-state index contributed by atoms with van der Waals surface area (Å²) in [6, 6.07) is 17.1. The molecular formula is C26H21BrFNO4S2. The monoisotopic (exact) mass is 573 g/mol. The van der Waals surface area contributed by atoms with Gasteiger partial charge in [0, 0.05) is 0 Å². The van der Waals surface area contributed by atoms with Gasteiger partial charge >= 0.3 is 0 Å². The number of thioether (sulfide) groups is 1. The Labute approximate surface area is 221 Å². The van der Waals surface area contributed by atoms with Gasteiger partial charge in [-0.05, 0) is 88.6 Å². The molecule has 1 aliphatic rings. The Hall–Kier alpha value is -2.88. The quantitative estimate of drug-likeness (QED) is 0.214. The number of rotatable bonds is 8. The number of hydrogen-bond donors (Lipinski definition) is 0. The number of thiocarbonyl (C=S) groups is 1. The first-order valence-corrected chi connectivity index (χ1v) is 12.7. The van der Waals surface area contributed by atoms with Gasteiger partial charge in [0.2, 0.25) is 0 Å². The summed E-state index contributed by atoms with van der Waals surface area (Å²) in [4.78, 5) is 15.1. The molecule has 0 N–H and O–H groups in total. The van der Waals surface area contributed by atoms with Crippen LogP contribution >= 0.6 is 39.9 Å². The Morgan fingerprint density at radius 1 is 1.11 bits per heavy atom. The summed E-state index contributed by atoms with van der Waals surface area (Å²) >= 11 is 10.2. The maximum absolute atomic E-state index is 13.5. The average Bonchev–Trinajstić information content (AvgIpc) is 3.11. The Morgan fingerprint density at radius 2 is 1.89 bits per heavy atom. The van der Waals surface area contributed by atoms with E-state index >= 15 is 0 Å². The summed E-state index contributed by atoms with van der Waals surface area (Å²) < 4.78 is 31.4. The zero-order valence-electron chi connectivity index (χ0n) is 18.9. The first kappa shape index (κ1) is 25.2. The van der Waals surface area contributed by atoms with E-state index in [2.05, 4.69) is 15.9 Å². The summed E-state index contributed by atoms with van der Waals surface area (Å²) in [5.41, 5.74) is 2.11. The molecule has 4 rings (SSSR count). The Balaban J connectivity index is 1.55. The molecule has 1 saturated heterocycles. The van der Waals surface area contributed by atoms with Crippen molar-refractivity contribution in [3.63, 3.8) is 0 Å². The number of anilines is 1. The average molecular weight is 574 g/mol. The molecule has 0 spiro atoms. The lowest BCUT2D eigenvalue weighted by Crippen LogP contribution is -2.27. The van der Waals surface area contributed by atoms with Gasteiger partial charge in [-0.15, -0.1) is 0 Å². The van der Waals surface area contributed by atoms with Crippen LogP contribution in [-0.2, 0) is 11.4 Å². The fraction of sp³-hybridized carbons (Fsp3) is 0.154. The number of halogens is 2. The minimum absolute atomic E-state index is 0.173. The number of amides is 1. The van der Waals surface area contributed by atoms with E-state index in [9.17, 15) is 9.18 Å². The molecule has 0 unspecified atom stereocenters. The molecule has 35 heavy (non-hydrogen) atoms. The summed E-state index contributed by atoms with van der Waals surface area (Å²) in [5, 5.41) is 0. The van der Waals surface area contributed by atoms with Crippen molar-refractivity contribution in [1.29, 1.82) is 0 Å². The SMILES string of the molecule is CCOc1ccc(N2C(=O)/C(=C\c3cc(Br)c(OCc4cccc(F)c4)c(OC)c3)SC2=S)cc1. The van der Waals surface area contributed by atoms with Gasteiger partial charge in [-0.3, -0.25) is 9.69 Å². The van der Waals surface area contributed by atoms with Crippen molar-refractivity contribution in [2.45, 2.75) is 13.5 Å². The number of hydrogen-bond acceptors (Lipinski definition) is 6. The van der Waals surface area contributed by atoms with Crippen molar-refractivity contribution < 1.29 is 23.4 Å². The number of carbonyl (C=O) groups excluding carboxylic acids is 1. The molecule has 180 valence electrons. The van der Waals surface area contributed by atoms with Gasteiger partial charge in [0.05, 0.1) is 28.8 Å². The van der Waals surface area contributed by atoms with Crippen LogP contribution in [0.4, 0.5) is 10.1 Å². The second-order valence-electron chi connectivity index (χ2n) is 7.40. The van der Waals surface area contributed by atoms with Gasteiger partial charge in [0.15, 0.2) is 15.8 Å². The molecule has 0 aliphatic carbocycles. The van der Waals surface area contributed by atoms with Crippen LogP contribution < -0.4 is 19.1 Å². The minimum Gasteiger partial charge on any atom is -0.494 e. The first-order chi connectivity index (χ1) is 16.9. The number of methoxy groups -OCH3 is 1. The largest absolute Gasteiger partial charge is 0.494 e. The molecule has 1 amide bonds. The molecule has 1 heterocycles. The molecule has 3 aromatic carbocycles. The van der Waals surface area contributed by atoms with Crippen LogP contribution in [-0.4, -0.2) is 23.9 Å². The van der Waals surface area contributed by atoms with Gasteiger partial charge in [-0.2, -0.15) is 0 Å². The Morgan fingerprint density at radius 3 is 2.57 bits per heavy atom. The van der Waals surface area contributed by atoms with Crippen molar-refractivity contribution in [1.82, 2.24) is 0 Å². The molecule has 3 aromatic rings. The molecule has 0 saturated carbocycles. The van der Waals surface area contributed by atoms with E-state index in [1.165, 1.54) is 35.9 Å². The zero-order chi connectivity index (χ0) is 24.9. The Kier molecular flexibility index (Phi) is 8.10. The summed E-state index contributed by atoms with van der Waals surface area (Å²) in [5.74, 6) is 1.16. The molecule has 5 nitrogen and oxygen atoms in total. The third-order valence-corrected chi connectivity index (χ3v) is 6.91. The Bertz CT molecular complexity index is 1300. The predicted molar refractivity (Wildman–Crippen MR) is 145 cm³/mol. The van der Waals surface area contributed by atoms with Gasteiger partial charge in [-0.1, -0.05) is 36.1 Å². The van der Waals surface area contributed by atoms with Crippen LogP contribution in [0.1, 0.15) is 18.1 Å². The summed E-state index contributed by atoms with van der Waals surface area (Å²) in [7, 11) is 1.53. The summed E-state index contributed by atoms with van der Waals surface area (Å²) in [6.45, 7) is 2.65. The van der Waals surface area contributed by atoms with Gasteiger partial charge in [0.25, 0.3) is 5.91 Å². The first-order valence-electron chi connectivity index (χ1n) is 10.6. The highest BCUT2D eigenvalue weighted by Crippen LogP contribution is 2.40. The lowest BCUT2D eigenvalue weighted by atomic mass is 10.1. The lowest BCUT2D eigenvalue weighted by molar-refractivity contribution is -0.113. The highest BCUT2D eigenvalue weighted by Gasteiger charge is 2.33. The third kappa shape index (κ3) is 5.86. The number of benzene rings is 3. The standard InChI is InChI=1S/C26H21BrFNO4S2/c1-3-32-20-9-7-19(8-10-20)29-25(30)23(35-26(29)34)14-17-12-21(27)24(22(13-17)31-2)33-15-16-5-4-6-18(28)11-16/h4-14H,3,15H2,1-2H3/b23-14+. The van der Waals surface area contributed by atoms with Gasteiger partial charge in [0.1, 0.15) is 18.2 Å². The number of nitrogens with zero attached hydrogens (tertiary/aromatic N) is 1. The maximum atomic E-state index is 13.5. The van der Waals surface area contributed by atoms with E-state index < -0.39 is 0 Å². The molecule has 0 radical (unpaired) electrons. The van der Waals surface area contributed by atoms with Gasteiger partial charge < -0.3 is 14.2 Å². The van der Waals surface area contributed by atoms with Crippen molar-refractivity contribution in [3.8, 4) is 17.2 Å². The zero-order valence-corrected chi connectivity index (χ0v) is 22.1. The van der Waals surface area contributed by atoms with Crippen molar-refractivity contribution in [2.24, 2.45) is 0 Å². The lowest BCUT2D eigenvalue weighted by Gasteiger charge is -2.15. The number of carbonyl (C=O) groups is 1. The van der Waals surface area contributed by atoms with Crippen LogP contribution in [0.15, 0.2) is 70.0 Å². The second-order valence-corrected chi connectivity index (χ2v) is 9.93. The highest BCUT2D eigenvalue weighted by molar-refractivity contribution is 9.10. The predicted octanol–water partition coefficient (Wildman–Crippen LogP) is 6.98. The molecule has 1 fully saturated rings. The minimum atomic E-state index is -0.324. The van der Waals surface area contributed by atoms with Crippen LogP contribution in [0.2, 0.25) is 0 Å². The molecule has 0 aromatic heterocycles. The fourth-order valence-electron chi connectivity index (χ4n) is 3.45.